The van der Waals surface area contributed by atoms with Gasteiger partial charge in [-0.15, -0.1) is 0 Å². The fourth-order valence-electron chi connectivity index (χ4n) is 4.17. The van der Waals surface area contributed by atoms with Crippen molar-refractivity contribution >= 4 is 23.5 Å². The average Bonchev–Trinajstić information content (AvgIpc) is 3.28. The van der Waals surface area contributed by atoms with E-state index in [9.17, 15) is 9.59 Å². The molecule has 2 aromatic rings. The zero-order chi connectivity index (χ0) is 21.4. The van der Waals surface area contributed by atoms with Crippen molar-refractivity contribution in [2.45, 2.75) is 38.9 Å². The fraction of sp³-hybridized carbons (Fsp3) is 0.429. The first-order valence-electron chi connectivity index (χ1n) is 10.2. The number of fused-ring (bicyclic) bond motifs is 1. The van der Waals surface area contributed by atoms with Crippen LogP contribution in [0.5, 0.6) is 0 Å². The third-order valence-electron chi connectivity index (χ3n) is 5.99. The number of anilines is 1. The van der Waals surface area contributed by atoms with E-state index in [0.717, 1.165) is 18.5 Å². The van der Waals surface area contributed by atoms with E-state index in [1.165, 1.54) is 0 Å². The topological polar surface area (TPSA) is 97.5 Å². The van der Waals surface area contributed by atoms with Crippen molar-refractivity contribution in [3.05, 3.63) is 47.9 Å². The molecule has 2 aliphatic heterocycles. The number of rotatable bonds is 3. The first-order valence-corrected chi connectivity index (χ1v) is 10.2. The maximum Gasteiger partial charge on any atom is 0.325 e. The molecule has 0 bridgehead atoms. The second-order valence-electron chi connectivity index (χ2n) is 7.91. The number of likely N-dealkylation sites (N-methyl/N-ethyl adjacent to an activating group) is 1. The summed E-state index contributed by atoms with van der Waals surface area (Å²) in [5.41, 5.74) is 2.30. The Hall–Kier alpha value is -3.20. The van der Waals surface area contributed by atoms with Crippen LogP contribution in [0.25, 0.3) is 5.70 Å². The minimum Gasteiger partial charge on any atom is -0.319 e. The maximum atomic E-state index is 13.4. The van der Waals surface area contributed by atoms with Gasteiger partial charge in [0, 0.05) is 36.9 Å². The lowest BCUT2D eigenvalue weighted by molar-refractivity contribution is 0.0624. The summed E-state index contributed by atoms with van der Waals surface area (Å²) in [7, 11) is 2.11. The van der Waals surface area contributed by atoms with Crippen LogP contribution in [-0.2, 0) is 6.54 Å². The van der Waals surface area contributed by atoms with Gasteiger partial charge in [0.15, 0.2) is 5.82 Å². The Labute approximate surface area is 175 Å². The largest absolute Gasteiger partial charge is 0.325 e. The van der Waals surface area contributed by atoms with Crippen molar-refractivity contribution in [3.63, 3.8) is 0 Å². The van der Waals surface area contributed by atoms with Crippen molar-refractivity contribution in [2.24, 2.45) is 0 Å². The van der Waals surface area contributed by atoms with Gasteiger partial charge in [-0.2, -0.15) is 5.10 Å². The molecule has 0 spiro atoms. The van der Waals surface area contributed by atoms with Crippen LogP contribution in [0.15, 0.2) is 31.0 Å². The molecule has 0 unspecified atom stereocenters. The fourth-order valence-corrected chi connectivity index (χ4v) is 4.17. The Morgan fingerprint density at radius 2 is 2.13 bits per heavy atom. The first kappa shape index (κ1) is 20.1. The number of hydrogen-bond acceptors (Lipinski definition) is 5. The molecule has 0 saturated carbocycles. The van der Waals surface area contributed by atoms with Gasteiger partial charge >= 0.3 is 6.03 Å². The van der Waals surface area contributed by atoms with Crippen LogP contribution in [0, 0.1) is 0 Å². The Bertz CT molecular complexity index is 971. The van der Waals surface area contributed by atoms with Gasteiger partial charge in [-0.25, -0.2) is 4.79 Å². The number of nitrogens with one attached hydrogen (secondary N) is 2. The van der Waals surface area contributed by atoms with E-state index in [4.69, 9.17) is 0 Å². The molecule has 158 valence electrons. The Balaban J connectivity index is 1.50. The van der Waals surface area contributed by atoms with E-state index in [1.807, 2.05) is 4.90 Å². The number of urea groups is 1. The molecule has 9 heteroatoms. The quantitative estimate of drug-likeness (QED) is 0.811. The Morgan fingerprint density at radius 3 is 2.83 bits per heavy atom. The molecule has 30 heavy (non-hydrogen) atoms. The van der Waals surface area contributed by atoms with Gasteiger partial charge in [0.1, 0.15) is 5.69 Å². The van der Waals surface area contributed by atoms with Gasteiger partial charge in [0.25, 0.3) is 5.91 Å². The number of aromatic nitrogens is 3. The molecule has 0 radical (unpaired) electrons. The summed E-state index contributed by atoms with van der Waals surface area (Å²) in [6.07, 6.45) is 2.55. The molecule has 1 fully saturated rings. The third kappa shape index (κ3) is 3.45. The summed E-state index contributed by atoms with van der Waals surface area (Å²) in [6, 6.07) is 5.52. The molecule has 2 N–H and O–H groups in total. The highest BCUT2D eigenvalue weighted by Crippen LogP contribution is 2.35. The second-order valence-corrected chi connectivity index (χ2v) is 7.91. The van der Waals surface area contributed by atoms with Crippen LogP contribution in [-0.4, -0.2) is 74.0 Å². The molecule has 4 rings (SSSR count). The predicted octanol–water partition coefficient (Wildman–Crippen LogP) is 2.38. The zero-order valence-electron chi connectivity index (χ0n) is 17.6. The molecule has 1 saturated heterocycles. The van der Waals surface area contributed by atoms with Gasteiger partial charge in [-0.05, 0) is 32.5 Å². The molecular weight excluding hydrogens is 382 g/mol. The highest BCUT2D eigenvalue weighted by Gasteiger charge is 2.39. The van der Waals surface area contributed by atoms with Crippen LogP contribution in [0.2, 0.25) is 0 Å². The van der Waals surface area contributed by atoms with Gasteiger partial charge in [0.2, 0.25) is 0 Å². The molecule has 9 nitrogen and oxygen atoms in total. The van der Waals surface area contributed by atoms with Gasteiger partial charge < -0.3 is 10.2 Å². The van der Waals surface area contributed by atoms with Crippen molar-refractivity contribution in [1.29, 1.82) is 0 Å². The summed E-state index contributed by atoms with van der Waals surface area (Å²) in [4.78, 5) is 35.8. The van der Waals surface area contributed by atoms with E-state index in [2.05, 4.69) is 52.9 Å². The van der Waals surface area contributed by atoms with E-state index >= 15 is 0 Å². The number of carbonyl (C=O) groups excluding carboxylic acids is 2. The molecule has 0 aromatic carbocycles. The summed E-state index contributed by atoms with van der Waals surface area (Å²) in [5, 5.41) is 9.91. The summed E-state index contributed by atoms with van der Waals surface area (Å²) in [6.45, 7) is 10.1. The summed E-state index contributed by atoms with van der Waals surface area (Å²) >= 11 is 0. The SMILES string of the molecule is C=C1c2[nH]nc(NC(=O)c3ccccn3)c2CN1C(=O)N1C[C@H](CC)N(C)C[C@@H]1C. The normalized spacial score (nSPS) is 21.6. The molecule has 3 amide bonds. The lowest BCUT2D eigenvalue weighted by atomic mass is 10.1. The summed E-state index contributed by atoms with van der Waals surface area (Å²) in [5.74, 6) is 0.0498. The predicted molar refractivity (Wildman–Crippen MR) is 114 cm³/mol. The average molecular weight is 409 g/mol. The number of hydrogen-bond donors (Lipinski definition) is 2. The van der Waals surface area contributed by atoms with Crippen LogP contribution >= 0.6 is 0 Å². The van der Waals surface area contributed by atoms with Crippen LogP contribution in [0.4, 0.5) is 10.6 Å². The second kappa shape index (κ2) is 7.91. The van der Waals surface area contributed by atoms with Gasteiger partial charge in [-0.3, -0.25) is 24.7 Å². The highest BCUT2D eigenvalue weighted by atomic mass is 16.2. The number of nitrogens with zero attached hydrogens (tertiary/aromatic N) is 5. The van der Waals surface area contributed by atoms with Crippen LogP contribution < -0.4 is 5.32 Å². The number of H-pyrrole nitrogens is 1. The molecule has 2 aromatic heterocycles. The van der Waals surface area contributed by atoms with Crippen molar-refractivity contribution in [3.8, 4) is 0 Å². The van der Waals surface area contributed by atoms with E-state index in [-0.39, 0.29) is 18.0 Å². The number of carbonyl (C=O) groups is 2. The third-order valence-corrected chi connectivity index (χ3v) is 5.99. The zero-order valence-corrected chi connectivity index (χ0v) is 17.6. The Morgan fingerprint density at radius 1 is 1.33 bits per heavy atom. The number of aromatic amines is 1. The Kier molecular flexibility index (Phi) is 5.29. The molecule has 2 atom stereocenters. The van der Waals surface area contributed by atoms with Crippen molar-refractivity contribution in [2.75, 3.05) is 25.5 Å². The summed E-state index contributed by atoms with van der Waals surface area (Å²) < 4.78 is 0. The van der Waals surface area contributed by atoms with Crippen LogP contribution in [0.1, 0.15) is 42.0 Å². The smallest absolute Gasteiger partial charge is 0.319 e. The number of piperazine rings is 1. The maximum absolute atomic E-state index is 13.4. The van der Waals surface area contributed by atoms with Crippen molar-refractivity contribution in [1.82, 2.24) is 29.9 Å². The van der Waals surface area contributed by atoms with E-state index < -0.39 is 0 Å². The standard InChI is InChI=1S/C21H27N7O2/c1-5-15-11-27(13(2)10-26(15)4)21(30)28-12-16-18(14(28)3)24-25-19(16)23-20(29)17-8-6-7-9-22-17/h6-9,13,15H,3,5,10-12H2,1-2,4H3,(H2,23,24,25,29)/t13-,15-/m0/s1. The first-order chi connectivity index (χ1) is 14.4. The minimum absolute atomic E-state index is 0.0642. The highest BCUT2D eigenvalue weighted by molar-refractivity contribution is 6.03. The number of amides is 3. The number of pyridine rings is 1. The lowest BCUT2D eigenvalue weighted by Crippen LogP contribution is -2.59. The molecule has 2 aliphatic rings. The van der Waals surface area contributed by atoms with Crippen molar-refractivity contribution < 1.29 is 9.59 Å². The lowest BCUT2D eigenvalue weighted by Gasteiger charge is -2.44. The molecule has 4 heterocycles. The van der Waals surface area contributed by atoms with Crippen LogP contribution in [0.3, 0.4) is 0 Å². The molecule has 0 aliphatic carbocycles. The minimum atomic E-state index is -0.348. The van der Waals surface area contributed by atoms with E-state index in [1.54, 1.807) is 29.3 Å². The van der Waals surface area contributed by atoms with E-state index in [0.29, 0.717) is 42.0 Å². The van der Waals surface area contributed by atoms with Gasteiger partial charge in [0.05, 0.1) is 17.9 Å². The monoisotopic (exact) mass is 409 g/mol. The molecular formula is C21H27N7O2. The van der Waals surface area contributed by atoms with Gasteiger partial charge in [-0.1, -0.05) is 19.6 Å².